The molecule has 4 nitrogen and oxygen atoms in total. The third kappa shape index (κ3) is 5.38. The van der Waals surface area contributed by atoms with Crippen LogP contribution in [0.4, 0.5) is 0 Å². The first kappa shape index (κ1) is 18.5. The van der Waals surface area contributed by atoms with Gasteiger partial charge in [-0.1, -0.05) is 42.5 Å². The molecule has 0 saturated heterocycles. The van der Waals surface area contributed by atoms with E-state index in [1.807, 2.05) is 18.2 Å². The molecular weight excluding hydrogens is 318 g/mol. The van der Waals surface area contributed by atoms with Gasteiger partial charge >= 0.3 is 8.80 Å². The normalized spacial score (nSPS) is 12.0. The zero-order valence-electron chi connectivity index (χ0n) is 14.6. The molecule has 0 saturated carbocycles. The number of rotatable bonds is 9. The molecule has 2 aromatic rings. The summed E-state index contributed by atoms with van der Waals surface area (Å²) in [5.74, 6) is 0. The molecule has 0 radical (unpaired) electrons. The van der Waals surface area contributed by atoms with Gasteiger partial charge in [-0.15, -0.1) is 0 Å². The summed E-state index contributed by atoms with van der Waals surface area (Å²) in [4.78, 5) is 0. The highest BCUT2D eigenvalue weighted by molar-refractivity contribution is 6.60. The molecule has 0 aliphatic rings. The van der Waals surface area contributed by atoms with Crippen LogP contribution in [0.15, 0.2) is 54.9 Å². The van der Waals surface area contributed by atoms with Gasteiger partial charge in [-0.3, -0.25) is 0 Å². The largest absolute Gasteiger partial charge is 0.500 e. The van der Waals surface area contributed by atoms with E-state index in [1.54, 1.807) is 21.3 Å². The third-order valence-electron chi connectivity index (χ3n) is 4.02. The van der Waals surface area contributed by atoms with E-state index in [9.17, 15) is 0 Å². The fourth-order valence-electron chi connectivity index (χ4n) is 2.52. The van der Waals surface area contributed by atoms with Crippen LogP contribution in [0.2, 0.25) is 6.04 Å². The maximum Gasteiger partial charge on any atom is 0.500 e. The van der Waals surface area contributed by atoms with Crippen LogP contribution in [0.3, 0.4) is 0 Å². The van der Waals surface area contributed by atoms with Gasteiger partial charge in [-0.05, 0) is 11.1 Å². The highest BCUT2D eigenvalue weighted by Crippen LogP contribution is 2.14. The maximum atomic E-state index is 5.44. The quantitative estimate of drug-likeness (QED) is 0.516. The Morgan fingerprint density at radius 1 is 0.833 bits per heavy atom. The Balaban J connectivity index is 1.87. The Labute approximate surface area is 145 Å². The number of hydrogen-bond acceptors (Lipinski definition) is 3. The van der Waals surface area contributed by atoms with E-state index >= 15 is 0 Å². The van der Waals surface area contributed by atoms with Gasteiger partial charge in [0.2, 0.25) is 0 Å². The highest BCUT2D eigenvalue weighted by atomic mass is 28.4. The fraction of sp³-hybridized carbons (Fsp3) is 0.316. The summed E-state index contributed by atoms with van der Waals surface area (Å²) in [7, 11) is 2.50. The molecule has 5 heteroatoms. The van der Waals surface area contributed by atoms with Crippen molar-refractivity contribution < 1.29 is 17.8 Å². The Bertz CT molecular complexity index is 617. The van der Waals surface area contributed by atoms with Crippen molar-refractivity contribution in [2.75, 3.05) is 21.3 Å². The van der Waals surface area contributed by atoms with Crippen LogP contribution >= 0.6 is 0 Å². The standard InChI is InChI=1S/C19H26NO3Si/c1-21-24(22-2,23-3)17-7-14-20-15-12-19(13-16-20)11-10-18-8-5-4-6-9-18/h4-6,8-13,15-16H,7,14,17H2,1-3H3/q+1/b11-10+. The number of benzene rings is 1. The minimum atomic E-state index is -2.46. The molecule has 0 aliphatic heterocycles. The first-order valence-electron chi connectivity index (χ1n) is 8.09. The topological polar surface area (TPSA) is 31.6 Å². The molecule has 1 aromatic heterocycles. The molecule has 2 rings (SSSR count). The Morgan fingerprint density at radius 3 is 1.92 bits per heavy atom. The lowest BCUT2D eigenvalue weighted by molar-refractivity contribution is -0.697. The average Bonchev–Trinajstić information content (AvgIpc) is 2.66. The molecule has 0 aliphatic carbocycles. The third-order valence-corrected chi connectivity index (χ3v) is 6.85. The SMILES string of the molecule is CO[Si](CCC[n+]1ccc(/C=C/c2ccccc2)cc1)(OC)OC. The minimum absolute atomic E-state index is 0.805. The monoisotopic (exact) mass is 344 g/mol. The summed E-state index contributed by atoms with van der Waals surface area (Å²) in [6.07, 6.45) is 9.39. The average molecular weight is 345 g/mol. The number of aryl methyl sites for hydroxylation is 1. The lowest BCUT2D eigenvalue weighted by Gasteiger charge is -2.23. The highest BCUT2D eigenvalue weighted by Gasteiger charge is 2.37. The van der Waals surface area contributed by atoms with Crippen LogP contribution in [-0.4, -0.2) is 30.1 Å². The Hall–Kier alpha value is -1.79. The number of pyridine rings is 1. The van der Waals surface area contributed by atoms with E-state index in [4.69, 9.17) is 13.3 Å². The summed E-state index contributed by atoms with van der Waals surface area (Å²) in [5, 5.41) is 0. The summed E-state index contributed by atoms with van der Waals surface area (Å²) < 4.78 is 18.5. The van der Waals surface area contributed by atoms with E-state index in [0.717, 1.165) is 19.0 Å². The molecule has 1 heterocycles. The lowest BCUT2D eigenvalue weighted by atomic mass is 10.1. The van der Waals surface area contributed by atoms with Gasteiger partial charge in [0.15, 0.2) is 12.4 Å². The zero-order valence-corrected chi connectivity index (χ0v) is 15.6. The van der Waals surface area contributed by atoms with Crippen LogP contribution in [0.25, 0.3) is 12.2 Å². The first-order valence-corrected chi connectivity index (χ1v) is 10.0. The first-order chi connectivity index (χ1) is 11.7. The fourth-order valence-corrected chi connectivity index (χ4v) is 4.22. The summed E-state index contributed by atoms with van der Waals surface area (Å²) >= 11 is 0. The maximum absolute atomic E-state index is 5.44. The molecule has 0 N–H and O–H groups in total. The van der Waals surface area contributed by atoms with E-state index in [0.29, 0.717) is 0 Å². The van der Waals surface area contributed by atoms with Gasteiger partial charge in [-0.2, -0.15) is 0 Å². The lowest BCUT2D eigenvalue weighted by Crippen LogP contribution is -2.44. The van der Waals surface area contributed by atoms with Gasteiger partial charge in [-0.25, -0.2) is 4.57 Å². The van der Waals surface area contributed by atoms with Crippen LogP contribution in [0, 0.1) is 0 Å². The predicted molar refractivity (Wildman–Crippen MR) is 98.2 cm³/mol. The second-order valence-electron chi connectivity index (χ2n) is 5.51. The van der Waals surface area contributed by atoms with Crippen LogP contribution < -0.4 is 4.57 Å². The molecule has 24 heavy (non-hydrogen) atoms. The molecular formula is C19H26NO3Si+. The van der Waals surface area contributed by atoms with Crippen molar-refractivity contribution in [3.63, 3.8) is 0 Å². The second kappa shape index (κ2) is 9.49. The van der Waals surface area contributed by atoms with Gasteiger partial charge in [0.05, 0.1) is 0 Å². The van der Waals surface area contributed by atoms with Gasteiger partial charge < -0.3 is 13.3 Å². The Kier molecular flexibility index (Phi) is 7.33. The number of aromatic nitrogens is 1. The number of hydrogen-bond donors (Lipinski definition) is 0. The smallest absolute Gasteiger partial charge is 0.377 e. The molecule has 1 aromatic carbocycles. The van der Waals surface area contributed by atoms with Crippen molar-refractivity contribution >= 4 is 21.0 Å². The van der Waals surface area contributed by atoms with Gasteiger partial charge in [0.1, 0.15) is 6.54 Å². The molecule has 0 fully saturated rings. The van der Waals surface area contributed by atoms with Crippen LogP contribution in [0.1, 0.15) is 17.5 Å². The summed E-state index contributed by atoms with van der Waals surface area (Å²) in [5.41, 5.74) is 2.39. The van der Waals surface area contributed by atoms with Crippen molar-refractivity contribution in [2.24, 2.45) is 0 Å². The molecule has 0 amide bonds. The minimum Gasteiger partial charge on any atom is -0.377 e. The van der Waals surface area contributed by atoms with Crippen molar-refractivity contribution in [3.05, 3.63) is 66.0 Å². The molecule has 0 spiro atoms. The van der Waals surface area contributed by atoms with Crippen molar-refractivity contribution in [1.82, 2.24) is 0 Å². The van der Waals surface area contributed by atoms with Crippen molar-refractivity contribution in [2.45, 2.75) is 19.0 Å². The van der Waals surface area contributed by atoms with E-state index in [-0.39, 0.29) is 0 Å². The molecule has 128 valence electrons. The molecule has 0 bridgehead atoms. The molecule has 0 unspecified atom stereocenters. The van der Waals surface area contributed by atoms with E-state index in [1.165, 1.54) is 11.1 Å². The van der Waals surface area contributed by atoms with E-state index < -0.39 is 8.80 Å². The number of nitrogens with zero attached hydrogens (tertiary/aromatic N) is 1. The van der Waals surface area contributed by atoms with Gasteiger partial charge in [0, 0.05) is 45.9 Å². The summed E-state index contributed by atoms with van der Waals surface area (Å²) in [6, 6.07) is 15.3. The Morgan fingerprint density at radius 2 is 1.38 bits per heavy atom. The summed E-state index contributed by atoms with van der Waals surface area (Å²) in [6.45, 7) is 0.910. The van der Waals surface area contributed by atoms with Crippen LogP contribution in [-0.2, 0) is 19.8 Å². The zero-order chi connectivity index (χ0) is 17.3. The second-order valence-corrected chi connectivity index (χ2v) is 8.60. The van der Waals surface area contributed by atoms with Crippen molar-refractivity contribution in [3.8, 4) is 0 Å². The van der Waals surface area contributed by atoms with E-state index in [2.05, 4.69) is 53.4 Å². The molecule has 0 atom stereocenters. The van der Waals surface area contributed by atoms with Crippen molar-refractivity contribution in [1.29, 1.82) is 0 Å². The van der Waals surface area contributed by atoms with Crippen LogP contribution in [0.5, 0.6) is 0 Å². The predicted octanol–water partition coefficient (Wildman–Crippen LogP) is 3.41. The van der Waals surface area contributed by atoms with Gasteiger partial charge in [0.25, 0.3) is 0 Å².